The molecule has 0 spiro atoms. The Morgan fingerprint density at radius 1 is 1.20 bits per heavy atom. The fourth-order valence-electron chi connectivity index (χ4n) is 0. The molecule has 0 saturated heterocycles. The van der Waals surface area contributed by atoms with Crippen LogP contribution in [0.2, 0.25) is 0 Å². The van der Waals surface area contributed by atoms with Crippen LogP contribution in [-0.2, 0) is 0 Å². The number of rotatable bonds is 0. The van der Waals surface area contributed by atoms with Gasteiger partial charge in [-0.3, -0.25) is 0 Å². The Morgan fingerprint density at radius 3 is 1.20 bits per heavy atom. The van der Waals surface area contributed by atoms with Gasteiger partial charge in [-0.15, -0.1) is 13.2 Å². The predicted molar refractivity (Wildman–Crippen MR) is 7.45 cm³/mol. The van der Waals surface area contributed by atoms with Crippen LogP contribution in [0, 0.1) is 0 Å². The molecule has 0 heterocycles. The number of hydrogen-bond acceptors (Lipinski definition) is 0. The van der Waals surface area contributed by atoms with Crippen molar-refractivity contribution in [1.82, 2.24) is 0 Å². The maximum Gasteiger partial charge on any atom is 0.600 e. The lowest BCUT2D eigenvalue weighted by atomic mass is 11.6. The lowest BCUT2D eigenvalue weighted by molar-refractivity contribution is -0.618. The van der Waals surface area contributed by atoms with Gasteiger partial charge in [0, 0.05) is 0 Å². The SMILES string of the molecule is FC(F)(F)[IH+]. The third-order valence-electron chi connectivity index (χ3n) is 0. The van der Waals surface area contributed by atoms with Crippen LogP contribution in [0.3, 0.4) is 0 Å². The maximum atomic E-state index is 10.4. The van der Waals surface area contributed by atoms with Gasteiger partial charge >= 0.3 is 26.8 Å². The van der Waals surface area contributed by atoms with Crippen LogP contribution in [0.4, 0.5) is 13.2 Å². The van der Waals surface area contributed by atoms with Crippen molar-refractivity contribution < 1.29 is 35.8 Å². The van der Waals surface area contributed by atoms with Crippen LogP contribution in [0.25, 0.3) is 0 Å². The average molecular weight is 197 g/mol. The summed E-state index contributed by atoms with van der Waals surface area (Å²) >= 11 is 0.124. The van der Waals surface area contributed by atoms with Gasteiger partial charge in [-0.25, -0.2) is 0 Å². The molecule has 0 aliphatic carbocycles. The van der Waals surface area contributed by atoms with E-state index in [-0.39, 0.29) is 22.6 Å². The Labute approximate surface area is 40.5 Å². The highest BCUT2D eigenvalue weighted by Gasteiger charge is 2.33. The van der Waals surface area contributed by atoms with Gasteiger partial charge < -0.3 is 0 Å². The fraction of sp³-hybridized carbons (Fsp3) is 1.00. The first kappa shape index (κ1) is 5.52. The first-order chi connectivity index (χ1) is 2.00. The molecule has 0 radical (unpaired) electrons. The van der Waals surface area contributed by atoms with Crippen LogP contribution in [-0.4, -0.2) is 4.18 Å². The molecule has 32 valence electrons. The van der Waals surface area contributed by atoms with Gasteiger partial charge in [0.1, 0.15) is 0 Å². The second-order valence-corrected chi connectivity index (χ2v) is 1.77. The van der Waals surface area contributed by atoms with Gasteiger partial charge in [0.05, 0.1) is 0 Å². The molecule has 5 heavy (non-hydrogen) atoms. The summed E-state index contributed by atoms with van der Waals surface area (Å²) in [6.45, 7) is 0. The zero-order chi connectivity index (χ0) is 4.50. The van der Waals surface area contributed by atoms with E-state index in [0.717, 1.165) is 0 Å². The minimum atomic E-state index is -3.99. The molecule has 0 aliphatic rings. The van der Waals surface area contributed by atoms with Crippen molar-refractivity contribution in [1.29, 1.82) is 0 Å². The smallest absolute Gasteiger partial charge is 0.126 e. The largest absolute Gasteiger partial charge is 0.600 e. The van der Waals surface area contributed by atoms with Crippen LogP contribution in [0.15, 0.2) is 0 Å². The third-order valence-corrected chi connectivity index (χ3v) is 0. The Kier molecular flexibility index (Phi) is 1.45. The number of hydrogen-bond donors (Lipinski definition) is 0. The summed E-state index contributed by atoms with van der Waals surface area (Å²) in [5.41, 5.74) is 0. The summed E-state index contributed by atoms with van der Waals surface area (Å²) in [6.07, 6.45) is 0. The van der Waals surface area contributed by atoms with Crippen molar-refractivity contribution in [3.05, 3.63) is 0 Å². The maximum absolute atomic E-state index is 10.4. The Morgan fingerprint density at radius 2 is 1.20 bits per heavy atom. The molecule has 0 aliphatic heterocycles. The molecule has 0 nitrogen and oxygen atoms in total. The molecule has 0 N–H and O–H groups in total. The van der Waals surface area contributed by atoms with Gasteiger partial charge in [-0.05, 0) is 0 Å². The van der Waals surface area contributed by atoms with Crippen molar-refractivity contribution in [3.63, 3.8) is 0 Å². The van der Waals surface area contributed by atoms with Gasteiger partial charge in [0.25, 0.3) is 0 Å². The van der Waals surface area contributed by atoms with Crippen LogP contribution >= 0.6 is 0 Å². The molecule has 0 aromatic heterocycles. The van der Waals surface area contributed by atoms with E-state index in [4.69, 9.17) is 0 Å². The van der Waals surface area contributed by atoms with E-state index in [9.17, 15) is 13.2 Å². The number of halogens is 4. The quantitative estimate of drug-likeness (QED) is 0.305. The van der Waals surface area contributed by atoms with Crippen LogP contribution in [0.1, 0.15) is 0 Å². The highest BCUT2D eigenvalue weighted by atomic mass is 127. The van der Waals surface area contributed by atoms with Crippen molar-refractivity contribution in [2.75, 3.05) is 0 Å². The van der Waals surface area contributed by atoms with E-state index in [1.807, 2.05) is 0 Å². The molecule has 0 saturated carbocycles. The Bertz CT molecular complexity index is 22.4. The average Bonchev–Trinajstić information content (AvgIpc) is 0.722. The zero-order valence-corrected chi connectivity index (χ0v) is 4.37. The first-order valence-corrected chi connectivity index (χ1v) is 1.94. The molecule has 4 heteroatoms. The monoisotopic (exact) mass is 197 g/mol. The molecule has 0 unspecified atom stereocenters. The first-order valence-electron chi connectivity index (χ1n) is 0.771. The molecule has 0 amide bonds. The summed E-state index contributed by atoms with van der Waals surface area (Å²) in [4.78, 5) is 0. The molecular formula is CHF3I+. The van der Waals surface area contributed by atoms with E-state index >= 15 is 0 Å². The lowest BCUT2D eigenvalue weighted by Gasteiger charge is -1.73. The van der Waals surface area contributed by atoms with E-state index < -0.39 is 4.18 Å². The molecule has 0 atom stereocenters. The van der Waals surface area contributed by atoms with Gasteiger partial charge in [-0.2, -0.15) is 0 Å². The standard InChI is InChI=1S/CHF3I/c2-1(3,4)5/h5H/q+1. The summed E-state index contributed by atoms with van der Waals surface area (Å²) in [6, 6.07) is 0. The fourth-order valence-corrected chi connectivity index (χ4v) is 0. The minimum absolute atomic E-state index is 0.124. The van der Waals surface area contributed by atoms with Gasteiger partial charge in [-0.1, -0.05) is 0 Å². The zero-order valence-electron chi connectivity index (χ0n) is 2.04. The molecule has 0 bridgehead atoms. The lowest BCUT2D eigenvalue weighted by Crippen LogP contribution is -3.41. The minimum Gasteiger partial charge on any atom is -0.126 e. The Hall–Kier alpha value is 0.520. The van der Waals surface area contributed by atoms with Crippen molar-refractivity contribution in [2.24, 2.45) is 0 Å². The van der Waals surface area contributed by atoms with Crippen LogP contribution in [0.5, 0.6) is 0 Å². The van der Waals surface area contributed by atoms with Crippen molar-refractivity contribution in [3.8, 4) is 0 Å². The van der Waals surface area contributed by atoms with Crippen LogP contribution < -0.4 is 22.6 Å². The summed E-state index contributed by atoms with van der Waals surface area (Å²) in [5, 5.41) is 0. The summed E-state index contributed by atoms with van der Waals surface area (Å²) in [5.74, 6) is 0. The predicted octanol–water partition coefficient (Wildman–Crippen LogP) is -2.21. The van der Waals surface area contributed by atoms with E-state index in [2.05, 4.69) is 0 Å². The molecule has 0 rings (SSSR count). The topological polar surface area (TPSA) is 0 Å². The summed E-state index contributed by atoms with van der Waals surface area (Å²) < 4.78 is 27.1. The second-order valence-electron chi connectivity index (χ2n) is 0.446. The molecule has 0 aromatic rings. The third kappa shape index (κ3) is 106. The summed E-state index contributed by atoms with van der Waals surface area (Å²) in [7, 11) is 0. The highest BCUT2D eigenvalue weighted by Crippen LogP contribution is 1.95. The van der Waals surface area contributed by atoms with E-state index in [1.54, 1.807) is 0 Å². The Balaban J connectivity index is 3.02. The normalized spacial score (nSPS) is 12.0. The molecule has 0 aromatic carbocycles. The van der Waals surface area contributed by atoms with Crippen molar-refractivity contribution in [2.45, 2.75) is 4.18 Å². The highest BCUT2D eigenvalue weighted by molar-refractivity contribution is 4.01. The van der Waals surface area contributed by atoms with E-state index in [0.29, 0.717) is 0 Å². The molecular weight excluding hydrogens is 196 g/mol. The molecule has 0 fully saturated rings. The van der Waals surface area contributed by atoms with Gasteiger partial charge in [0.2, 0.25) is 0 Å². The van der Waals surface area contributed by atoms with Gasteiger partial charge in [0.15, 0.2) is 0 Å². The second kappa shape index (κ2) is 1.32. The van der Waals surface area contributed by atoms with E-state index in [1.165, 1.54) is 0 Å². The van der Waals surface area contributed by atoms with Crippen molar-refractivity contribution >= 4 is 0 Å². The number of alkyl halides is 4.